The molecule has 0 fully saturated rings. The van der Waals surface area contributed by atoms with Gasteiger partial charge in [-0.3, -0.25) is 9.20 Å². The first-order valence-electron chi connectivity index (χ1n) is 6.37. The standard InChI is InChI=1S/C15H13ClN2OS/c1-3-13-14(10-4-6-11(16)7-5-10)18-12(8-19)9(2)17-15(18)20-13/h4-8H,3H2,1-2H3. The van der Waals surface area contributed by atoms with E-state index in [0.29, 0.717) is 10.7 Å². The van der Waals surface area contributed by atoms with Crippen LogP contribution in [0.4, 0.5) is 0 Å². The van der Waals surface area contributed by atoms with Crippen LogP contribution in [0.5, 0.6) is 0 Å². The lowest BCUT2D eigenvalue weighted by atomic mass is 10.1. The fraction of sp³-hybridized carbons (Fsp3) is 0.200. The van der Waals surface area contributed by atoms with E-state index in [2.05, 4.69) is 11.9 Å². The Bertz CT molecular complexity index is 786. The number of aryl methyl sites for hydroxylation is 2. The molecule has 2 aromatic heterocycles. The number of carbonyl (C=O) groups is 1. The van der Waals surface area contributed by atoms with Crippen molar-refractivity contribution in [1.82, 2.24) is 9.38 Å². The molecule has 0 atom stereocenters. The number of aromatic nitrogens is 2. The van der Waals surface area contributed by atoms with E-state index in [-0.39, 0.29) is 0 Å². The van der Waals surface area contributed by atoms with Crippen LogP contribution >= 0.6 is 22.9 Å². The summed E-state index contributed by atoms with van der Waals surface area (Å²) in [6.45, 7) is 3.97. The van der Waals surface area contributed by atoms with E-state index in [1.807, 2.05) is 35.6 Å². The normalized spacial score (nSPS) is 11.2. The van der Waals surface area contributed by atoms with Crippen molar-refractivity contribution >= 4 is 34.2 Å². The van der Waals surface area contributed by atoms with Gasteiger partial charge in [-0.15, -0.1) is 11.3 Å². The number of nitrogens with zero attached hydrogens (tertiary/aromatic N) is 2. The van der Waals surface area contributed by atoms with Gasteiger partial charge >= 0.3 is 0 Å². The highest BCUT2D eigenvalue weighted by Gasteiger charge is 2.18. The first kappa shape index (κ1) is 13.3. The molecule has 1 aromatic carbocycles. The molecule has 2 heterocycles. The molecule has 3 aromatic rings. The van der Waals surface area contributed by atoms with Crippen LogP contribution in [0, 0.1) is 6.92 Å². The van der Waals surface area contributed by atoms with Crippen molar-refractivity contribution in [3.05, 3.63) is 45.6 Å². The topological polar surface area (TPSA) is 34.4 Å². The van der Waals surface area contributed by atoms with Crippen LogP contribution in [-0.4, -0.2) is 15.7 Å². The summed E-state index contributed by atoms with van der Waals surface area (Å²) in [5.74, 6) is 0. The van der Waals surface area contributed by atoms with Crippen LogP contribution in [0.3, 0.4) is 0 Å². The number of halogens is 1. The van der Waals surface area contributed by atoms with Gasteiger partial charge in [-0.2, -0.15) is 0 Å². The van der Waals surface area contributed by atoms with Crippen molar-refractivity contribution in [3.63, 3.8) is 0 Å². The van der Waals surface area contributed by atoms with Crippen molar-refractivity contribution in [2.24, 2.45) is 0 Å². The predicted octanol–water partition coefficient (Wildman–Crippen LogP) is 4.40. The average Bonchev–Trinajstić information content (AvgIpc) is 2.93. The Morgan fingerprint density at radius 2 is 2.05 bits per heavy atom. The molecule has 0 unspecified atom stereocenters. The fourth-order valence-electron chi connectivity index (χ4n) is 2.36. The maximum absolute atomic E-state index is 11.4. The van der Waals surface area contributed by atoms with E-state index >= 15 is 0 Å². The number of thiazole rings is 1. The molecular weight excluding hydrogens is 292 g/mol. The summed E-state index contributed by atoms with van der Waals surface area (Å²) < 4.78 is 1.95. The Balaban J connectivity index is 2.36. The van der Waals surface area contributed by atoms with Crippen molar-refractivity contribution in [2.75, 3.05) is 0 Å². The summed E-state index contributed by atoms with van der Waals surface area (Å²) >= 11 is 7.59. The van der Waals surface area contributed by atoms with Gasteiger partial charge in [0.05, 0.1) is 11.4 Å². The number of hydrogen-bond donors (Lipinski definition) is 0. The van der Waals surface area contributed by atoms with Gasteiger partial charge in [-0.25, -0.2) is 4.98 Å². The minimum absolute atomic E-state index is 0.626. The Morgan fingerprint density at radius 1 is 1.35 bits per heavy atom. The molecule has 0 saturated carbocycles. The molecule has 0 aliphatic heterocycles. The van der Waals surface area contributed by atoms with Gasteiger partial charge in [0.1, 0.15) is 5.69 Å². The lowest BCUT2D eigenvalue weighted by Gasteiger charge is -2.05. The zero-order valence-electron chi connectivity index (χ0n) is 11.2. The van der Waals surface area contributed by atoms with Crippen LogP contribution in [-0.2, 0) is 6.42 Å². The zero-order chi connectivity index (χ0) is 14.3. The van der Waals surface area contributed by atoms with Crippen molar-refractivity contribution in [1.29, 1.82) is 0 Å². The average molecular weight is 305 g/mol. The van der Waals surface area contributed by atoms with E-state index in [1.165, 1.54) is 4.88 Å². The van der Waals surface area contributed by atoms with Crippen molar-refractivity contribution < 1.29 is 4.79 Å². The molecule has 0 spiro atoms. The Kier molecular flexibility index (Phi) is 3.36. The smallest absolute Gasteiger partial charge is 0.195 e. The van der Waals surface area contributed by atoms with E-state index in [1.54, 1.807) is 11.3 Å². The third-order valence-electron chi connectivity index (χ3n) is 3.32. The quantitative estimate of drug-likeness (QED) is 0.672. The Labute approximate surface area is 125 Å². The molecule has 0 bridgehead atoms. The summed E-state index contributed by atoms with van der Waals surface area (Å²) in [4.78, 5) is 17.9. The summed E-state index contributed by atoms with van der Waals surface area (Å²) in [5, 5.41) is 0.704. The van der Waals surface area contributed by atoms with Gasteiger partial charge in [-0.1, -0.05) is 30.7 Å². The second-order valence-electron chi connectivity index (χ2n) is 4.55. The molecule has 0 aliphatic carbocycles. The Hall–Kier alpha value is -1.65. The van der Waals surface area contributed by atoms with Crippen LogP contribution in [0.15, 0.2) is 24.3 Å². The molecule has 0 aliphatic rings. The molecular formula is C15H13ClN2OS. The predicted molar refractivity (Wildman–Crippen MR) is 83.0 cm³/mol. The Morgan fingerprint density at radius 3 is 2.65 bits per heavy atom. The van der Waals surface area contributed by atoms with Crippen LogP contribution < -0.4 is 0 Å². The van der Waals surface area contributed by atoms with Crippen LogP contribution in [0.1, 0.15) is 28.0 Å². The number of fused-ring (bicyclic) bond motifs is 1. The molecule has 3 nitrogen and oxygen atoms in total. The number of carbonyl (C=O) groups excluding carboxylic acids is 1. The van der Waals surface area contributed by atoms with E-state index < -0.39 is 0 Å². The highest BCUT2D eigenvalue weighted by molar-refractivity contribution is 7.17. The van der Waals surface area contributed by atoms with Gasteiger partial charge in [0.25, 0.3) is 0 Å². The molecule has 5 heteroatoms. The second kappa shape index (κ2) is 5.04. The van der Waals surface area contributed by atoms with E-state index in [0.717, 1.165) is 34.6 Å². The molecule has 102 valence electrons. The van der Waals surface area contributed by atoms with Gasteiger partial charge in [0, 0.05) is 9.90 Å². The summed E-state index contributed by atoms with van der Waals surface area (Å²) in [7, 11) is 0. The maximum Gasteiger partial charge on any atom is 0.195 e. The molecule has 20 heavy (non-hydrogen) atoms. The largest absolute Gasteiger partial charge is 0.296 e. The third-order valence-corrected chi connectivity index (χ3v) is 4.76. The number of aldehydes is 1. The number of benzene rings is 1. The summed E-state index contributed by atoms with van der Waals surface area (Å²) in [6.07, 6.45) is 1.78. The molecule has 3 rings (SSSR count). The monoisotopic (exact) mass is 304 g/mol. The highest BCUT2D eigenvalue weighted by Crippen LogP contribution is 2.34. The fourth-order valence-corrected chi connectivity index (χ4v) is 3.62. The van der Waals surface area contributed by atoms with Crippen LogP contribution in [0.2, 0.25) is 5.02 Å². The first-order valence-corrected chi connectivity index (χ1v) is 7.57. The maximum atomic E-state index is 11.4. The van der Waals surface area contributed by atoms with Crippen molar-refractivity contribution in [2.45, 2.75) is 20.3 Å². The molecule has 0 amide bonds. The van der Waals surface area contributed by atoms with Gasteiger partial charge in [0.2, 0.25) is 0 Å². The third kappa shape index (κ3) is 1.96. The van der Waals surface area contributed by atoms with Gasteiger partial charge in [0.15, 0.2) is 11.2 Å². The molecule has 0 N–H and O–H groups in total. The lowest BCUT2D eigenvalue weighted by Crippen LogP contribution is -1.95. The zero-order valence-corrected chi connectivity index (χ0v) is 12.8. The molecule has 0 radical (unpaired) electrons. The summed E-state index contributed by atoms with van der Waals surface area (Å²) in [5.41, 5.74) is 3.50. The van der Waals surface area contributed by atoms with E-state index in [9.17, 15) is 4.79 Å². The van der Waals surface area contributed by atoms with Crippen LogP contribution in [0.25, 0.3) is 16.2 Å². The van der Waals surface area contributed by atoms with E-state index in [4.69, 9.17) is 11.6 Å². The minimum atomic E-state index is 0.626. The first-order chi connectivity index (χ1) is 9.65. The minimum Gasteiger partial charge on any atom is -0.296 e. The van der Waals surface area contributed by atoms with Gasteiger partial charge in [-0.05, 0) is 31.0 Å². The molecule has 0 saturated heterocycles. The SMILES string of the molecule is CCc1sc2nc(C)c(C=O)n2c1-c1ccc(Cl)cc1. The number of imidazole rings is 1. The second-order valence-corrected chi connectivity index (χ2v) is 6.05. The lowest BCUT2D eigenvalue weighted by molar-refractivity contribution is 0.111. The van der Waals surface area contributed by atoms with Crippen molar-refractivity contribution in [3.8, 4) is 11.3 Å². The summed E-state index contributed by atoms with van der Waals surface area (Å²) in [6, 6.07) is 7.69. The number of hydrogen-bond acceptors (Lipinski definition) is 3. The number of rotatable bonds is 3. The highest BCUT2D eigenvalue weighted by atomic mass is 35.5. The van der Waals surface area contributed by atoms with Gasteiger partial charge < -0.3 is 0 Å².